The van der Waals surface area contributed by atoms with Gasteiger partial charge in [0.15, 0.2) is 0 Å². The van der Waals surface area contributed by atoms with Crippen molar-refractivity contribution < 1.29 is 18.7 Å². The minimum Gasteiger partial charge on any atom is -0.494 e. The van der Waals surface area contributed by atoms with Crippen molar-refractivity contribution in [2.45, 2.75) is 25.9 Å². The van der Waals surface area contributed by atoms with Crippen LogP contribution in [0.5, 0.6) is 5.75 Å². The Morgan fingerprint density at radius 1 is 1.16 bits per heavy atom. The molecule has 0 spiro atoms. The van der Waals surface area contributed by atoms with Gasteiger partial charge < -0.3 is 10.1 Å². The van der Waals surface area contributed by atoms with E-state index in [-0.39, 0.29) is 30.6 Å². The van der Waals surface area contributed by atoms with Crippen LogP contribution >= 0.6 is 0 Å². The Labute approximate surface area is 145 Å². The number of nitrogens with one attached hydrogen (secondary N) is 1. The van der Waals surface area contributed by atoms with Crippen molar-refractivity contribution in [1.29, 1.82) is 0 Å². The number of ether oxygens (including phenoxy) is 1. The van der Waals surface area contributed by atoms with Crippen molar-refractivity contribution in [2.75, 3.05) is 11.5 Å². The average Bonchev–Trinajstić information content (AvgIpc) is 2.89. The molecule has 0 aliphatic carbocycles. The highest BCUT2D eigenvalue weighted by Gasteiger charge is 2.39. The molecule has 1 fully saturated rings. The standard InChI is InChI=1S/C19H19FN2O3/c1-2-25-15-9-7-14(8-10-15)22-18(23)11-17(19(22)24)21-12-13-5-3-4-6-16(13)20/h3-10,17,21H,2,11-12H2,1H3. The highest BCUT2D eigenvalue weighted by molar-refractivity contribution is 6.22. The number of anilines is 1. The molecule has 5 nitrogen and oxygen atoms in total. The highest BCUT2D eigenvalue weighted by atomic mass is 19.1. The van der Waals surface area contributed by atoms with Gasteiger partial charge >= 0.3 is 0 Å². The summed E-state index contributed by atoms with van der Waals surface area (Å²) in [6.07, 6.45) is 0.0560. The third-order valence-corrected chi connectivity index (χ3v) is 4.05. The van der Waals surface area contributed by atoms with Gasteiger partial charge in [0.25, 0.3) is 5.91 Å². The van der Waals surface area contributed by atoms with Gasteiger partial charge in [-0.15, -0.1) is 0 Å². The molecule has 1 aliphatic rings. The Morgan fingerprint density at radius 2 is 1.88 bits per heavy atom. The molecule has 0 bridgehead atoms. The number of imide groups is 1. The molecule has 25 heavy (non-hydrogen) atoms. The molecule has 1 unspecified atom stereocenters. The van der Waals surface area contributed by atoms with Crippen molar-refractivity contribution in [3.63, 3.8) is 0 Å². The lowest BCUT2D eigenvalue weighted by Crippen LogP contribution is -2.38. The molecule has 3 rings (SSSR count). The van der Waals surface area contributed by atoms with Gasteiger partial charge in [-0.05, 0) is 37.3 Å². The van der Waals surface area contributed by atoms with Crippen LogP contribution in [0.1, 0.15) is 18.9 Å². The van der Waals surface area contributed by atoms with E-state index in [0.29, 0.717) is 23.6 Å². The quantitative estimate of drug-likeness (QED) is 0.820. The molecule has 2 aromatic rings. The van der Waals surface area contributed by atoms with Crippen LogP contribution in [0.15, 0.2) is 48.5 Å². The van der Waals surface area contributed by atoms with Gasteiger partial charge in [-0.25, -0.2) is 9.29 Å². The summed E-state index contributed by atoms with van der Waals surface area (Å²) in [5, 5.41) is 2.97. The first-order valence-corrected chi connectivity index (χ1v) is 8.16. The third-order valence-electron chi connectivity index (χ3n) is 4.05. The summed E-state index contributed by atoms with van der Waals surface area (Å²) in [5.41, 5.74) is 0.968. The highest BCUT2D eigenvalue weighted by Crippen LogP contribution is 2.25. The summed E-state index contributed by atoms with van der Waals surface area (Å²) < 4.78 is 19.0. The van der Waals surface area contributed by atoms with E-state index in [1.54, 1.807) is 42.5 Å². The zero-order valence-electron chi connectivity index (χ0n) is 13.9. The van der Waals surface area contributed by atoms with Gasteiger partial charge in [0.2, 0.25) is 5.91 Å². The Balaban J connectivity index is 1.68. The number of rotatable bonds is 6. The summed E-state index contributed by atoms with van der Waals surface area (Å²) in [4.78, 5) is 26.0. The van der Waals surface area contributed by atoms with E-state index in [9.17, 15) is 14.0 Å². The average molecular weight is 342 g/mol. The fourth-order valence-electron chi connectivity index (χ4n) is 2.80. The van der Waals surface area contributed by atoms with Gasteiger partial charge in [-0.1, -0.05) is 18.2 Å². The smallest absolute Gasteiger partial charge is 0.251 e. The number of hydrogen-bond acceptors (Lipinski definition) is 4. The van der Waals surface area contributed by atoms with Crippen LogP contribution in [-0.4, -0.2) is 24.5 Å². The molecule has 2 aromatic carbocycles. The molecule has 1 heterocycles. The second-order valence-corrected chi connectivity index (χ2v) is 5.72. The Hall–Kier alpha value is -2.73. The molecular formula is C19H19FN2O3. The van der Waals surface area contributed by atoms with Crippen LogP contribution in [0.2, 0.25) is 0 Å². The monoisotopic (exact) mass is 342 g/mol. The number of amides is 2. The first-order valence-electron chi connectivity index (χ1n) is 8.16. The molecule has 1 N–H and O–H groups in total. The van der Waals surface area contributed by atoms with E-state index in [4.69, 9.17) is 4.74 Å². The van der Waals surface area contributed by atoms with Gasteiger partial charge in [0, 0.05) is 12.1 Å². The maximum Gasteiger partial charge on any atom is 0.251 e. The Kier molecular flexibility index (Phi) is 5.09. The minimum atomic E-state index is -0.654. The zero-order chi connectivity index (χ0) is 17.8. The maximum absolute atomic E-state index is 13.7. The first kappa shape index (κ1) is 17.1. The molecular weight excluding hydrogens is 323 g/mol. The summed E-state index contributed by atoms with van der Waals surface area (Å²) in [6, 6.07) is 12.5. The molecule has 1 saturated heterocycles. The largest absolute Gasteiger partial charge is 0.494 e. The SMILES string of the molecule is CCOc1ccc(N2C(=O)CC(NCc3ccccc3F)C2=O)cc1. The lowest BCUT2D eigenvalue weighted by molar-refractivity contribution is -0.121. The lowest BCUT2D eigenvalue weighted by atomic mass is 10.2. The van der Waals surface area contributed by atoms with Crippen LogP contribution < -0.4 is 15.0 Å². The van der Waals surface area contributed by atoms with E-state index < -0.39 is 6.04 Å². The van der Waals surface area contributed by atoms with Crippen LogP contribution in [0.3, 0.4) is 0 Å². The van der Waals surface area contributed by atoms with Crippen LogP contribution in [-0.2, 0) is 16.1 Å². The second-order valence-electron chi connectivity index (χ2n) is 5.72. The fraction of sp³-hybridized carbons (Fsp3) is 0.263. The van der Waals surface area contributed by atoms with Gasteiger partial charge in [-0.2, -0.15) is 0 Å². The lowest BCUT2D eigenvalue weighted by Gasteiger charge is -2.16. The fourth-order valence-corrected chi connectivity index (χ4v) is 2.80. The summed E-state index contributed by atoms with van der Waals surface area (Å²) >= 11 is 0. The zero-order valence-corrected chi connectivity index (χ0v) is 13.9. The van der Waals surface area contributed by atoms with Crippen molar-refractivity contribution in [1.82, 2.24) is 5.32 Å². The maximum atomic E-state index is 13.7. The number of benzene rings is 2. The van der Waals surface area contributed by atoms with Crippen molar-refractivity contribution in [3.05, 3.63) is 59.9 Å². The van der Waals surface area contributed by atoms with E-state index in [2.05, 4.69) is 5.32 Å². The number of hydrogen-bond donors (Lipinski definition) is 1. The van der Waals surface area contributed by atoms with Gasteiger partial charge in [0.05, 0.1) is 24.8 Å². The third kappa shape index (κ3) is 3.69. The Morgan fingerprint density at radius 3 is 2.56 bits per heavy atom. The van der Waals surface area contributed by atoms with Crippen LogP contribution in [0.4, 0.5) is 10.1 Å². The second kappa shape index (κ2) is 7.44. The molecule has 0 saturated carbocycles. The Bertz CT molecular complexity index is 776. The molecule has 1 atom stereocenters. The molecule has 130 valence electrons. The number of carbonyl (C=O) groups excluding carboxylic acids is 2. The van der Waals surface area contributed by atoms with Crippen molar-refractivity contribution in [3.8, 4) is 5.75 Å². The molecule has 2 amide bonds. The molecule has 1 aliphatic heterocycles. The van der Waals surface area contributed by atoms with Crippen molar-refractivity contribution >= 4 is 17.5 Å². The first-order chi connectivity index (χ1) is 12.1. The molecule has 0 aromatic heterocycles. The van der Waals surface area contributed by atoms with Crippen LogP contribution in [0.25, 0.3) is 0 Å². The molecule has 0 radical (unpaired) electrons. The number of nitrogens with zero attached hydrogens (tertiary/aromatic N) is 1. The number of carbonyl (C=O) groups is 2. The number of halogens is 1. The summed E-state index contributed by atoms with van der Waals surface area (Å²) in [6.45, 7) is 2.61. The van der Waals surface area contributed by atoms with Gasteiger partial charge in [0.1, 0.15) is 11.6 Å². The minimum absolute atomic E-state index is 0.0560. The van der Waals surface area contributed by atoms with E-state index >= 15 is 0 Å². The predicted molar refractivity (Wildman–Crippen MR) is 91.7 cm³/mol. The van der Waals surface area contributed by atoms with Crippen molar-refractivity contribution in [2.24, 2.45) is 0 Å². The van der Waals surface area contributed by atoms with E-state index in [1.807, 2.05) is 6.92 Å². The van der Waals surface area contributed by atoms with Gasteiger partial charge in [-0.3, -0.25) is 9.59 Å². The van der Waals surface area contributed by atoms with E-state index in [0.717, 1.165) is 4.90 Å². The predicted octanol–water partition coefficient (Wildman–Crippen LogP) is 2.65. The topological polar surface area (TPSA) is 58.6 Å². The summed E-state index contributed by atoms with van der Waals surface area (Å²) in [7, 11) is 0. The van der Waals surface area contributed by atoms with E-state index in [1.165, 1.54) is 6.07 Å². The summed E-state index contributed by atoms with van der Waals surface area (Å²) in [5.74, 6) is -0.264. The van der Waals surface area contributed by atoms with Crippen LogP contribution in [0, 0.1) is 5.82 Å². The molecule has 6 heteroatoms. The normalized spacial score (nSPS) is 17.2.